The largest absolute Gasteiger partial charge is 0.476 e. The van der Waals surface area contributed by atoms with Gasteiger partial charge in [0.25, 0.3) is 11.8 Å². The number of aliphatic carboxylic acids is 1. The normalized spacial score (nSPS) is 11.2. The Kier molecular flexibility index (Phi) is 6.61. The Morgan fingerprint density at radius 2 is 1.77 bits per heavy atom. The minimum absolute atomic E-state index is 0.165. The number of nitrogens with zero attached hydrogens (tertiary/aromatic N) is 3. The van der Waals surface area contributed by atoms with Gasteiger partial charge in [0, 0.05) is 16.7 Å². The second-order valence-corrected chi connectivity index (χ2v) is 6.34. The van der Waals surface area contributed by atoms with Gasteiger partial charge in [-0.2, -0.15) is 14.4 Å². The molecule has 1 heterocycles. The molecule has 3 aromatic rings. The van der Waals surface area contributed by atoms with Crippen molar-refractivity contribution in [3.63, 3.8) is 0 Å². The van der Waals surface area contributed by atoms with Crippen LogP contribution in [0.3, 0.4) is 0 Å². The molecule has 0 saturated heterocycles. The van der Waals surface area contributed by atoms with Crippen LogP contribution in [0.5, 0.6) is 23.3 Å². The number of rotatable bonds is 7. The van der Waals surface area contributed by atoms with Crippen LogP contribution < -0.4 is 9.47 Å². The summed E-state index contributed by atoms with van der Waals surface area (Å²) < 4.78 is 39.6. The Balaban J connectivity index is 2.00. The lowest BCUT2D eigenvalue weighted by Gasteiger charge is -2.13. The zero-order valence-electron chi connectivity index (χ0n) is 16.1. The van der Waals surface area contributed by atoms with E-state index in [-0.39, 0.29) is 17.1 Å². The average molecular weight is 450 g/mol. The number of aromatic nitrogens is 2. The highest BCUT2D eigenvalue weighted by Crippen LogP contribution is 2.34. The molecule has 0 radical (unpaired) electrons. The lowest BCUT2D eigenvalue weighted by molar-refractivity contribution is -0.129. The number of hydrogen-bond acceptors (Lipinski definition) is 7. The van der Waals surface area contributed by atoms with Crippen LogP contribution in [-0.4, -0.2) is 33.9 Å². The van der Waals surface area contributed by atoms with E-state index < -0.39 is 35.1 Å². The predicted octanol–water partition coefficient (Wildman–Crippen LogP) is 4.74. The summed E-state index contributed by atoms with van der Waals surface area (Å²) in [5.41, 5.74) is -0.196. The Morgan fingerprint density at radius 1 is 1.10 bits per heavy atom. The molecule has 0 spiro atoms. The van der Waals surface area contributed by atoms with E-state index in [9.17, 15) is 18.7 Å². The van der Waals surface area contributed by atoms with Crippen LogP contribution in [0, 0.1) is 18.6 Å². The molecule has 3 rings (SSSR count). The van der Waals surface area contributed by atoms with Crippen molar-refractivity contribution >= 4 is 23.3 Å². The van der Waals surface area contributed by atoms with Crippen molar-refractivity contribution in [2.75, 3.05) is 7.11 Å². The predicted molar refractivity (Wildman–Crippen MR) is 106 cm³/mol. The maximum absolute atomic E-state index is 14.9. The standard InChI is InChI=1S/C20H14ClF2N3O5/c1-10-13(21)4-3-5-14(10)30-18-16(23)19(25-9-24-18)31-15-8-11(22)6-7-12(15)17(20(27)28)26-29-2/h3-9H,1-2H3,(H,27,28). The molecule has 31 heavy (non-hydrogen) atoms. The van der Waals surface area contributed by atoms with E-state index in [0.29, 0.717) is 10.6 Å². The van der Waals surface area contributed by atoms with Crippen molar-refractivity contribution in [2.45, 2.75) is 6.92 Å². The Bertz CT molecular complexity index is 1170. The van der Waals surface area contributed by atoms with E-state index in [1.807, 2.05) is 0 Å². The molecule has 2 aromatic carbocycles. The highest BCUT2D eigenvalue weighted by molar-refractivity contribution is 6.43. The molecular formula is C20H14ClF2N3O5. The molecule has 0 aliphatic carbocycles. The maximum atomic E-state index is 14.9. The van der Waals surface area contributed by atoms with E-state index in [4.69, 9.17) is 21.1 Å². The molecule has 160 valence electrons. The molecule has 0 unspecified atom stereocenters. The molecule has 0 aliphatic heterocycles. The average Bonchev–Trinajstić information content (AvgIpc) is 2.73. The number of benzene rings is 2. The van der Waals surface area contributed by atoms with Gasteiger partial charge in [0.05, 0.1) is 5.56 Å². The Hall–Kier alpha value is -3.79. The van der Waals surface area contributed by atoms with Gasteiger partial charge in [0.1, 0.15) is 30.8 Å². The quantitative estimate of drug-likeness (QED) is 0.410. The van der Waals surface area contributed by atoms with Gasteiger partial charge in [-0.25, -0.2) is 9.18 Å². The van der Waals surface area contributed by atoms with E-state index in [1.54, 1.807) is 25.1 Å². The molecule has 0 atom stereocenters. The summed E-state index contributed by atoms with van der Waals surface area (Å²) in [7, 11) is 1.14. The second kappa shape index (κ2) is 9.35. The van der Waals surface area contributed by atoms with E-state index in [2.05, 4.69) is 20.0 Å². The third-order valence-electron chi connectivity index (χ3n) is 3.94. The van der Waals surface area contributed by atoms with Gasteiger partial charge in [-0.1, -0.05) is 22.8 Å². The minimum Gasteiger partial charge on any atom is -0.476 e. The summed E-state index contributed by atoms with van der Waals surface area (Å²) in [5.74, 6) is -4.54. The number of hydrogen-bond donors (Lipinski definition) is 1. The lowest BCUT2D eigenvalue weighted by Crippen LogP contribution is -2.16. The topological polar surface area (TPSA) is 103 Å². The van der Waals surface area contributed by atoms with E-state index in [1.165, 1.54) is 0 Å². The van der Waals surface area contributed by atoms with Crippen LogP contribution in [0.1, 0.15) is 11.1 Å². The number of carbonyl (C=O) groups is 1. The Morgan fingerprint density at radius 3 is 2.42 bits per heavy atom. The smallest absolute Gasteiger partial charge is 0.358 e. The highest BCUT2D eigenvalue weighted by atomic mass is 35.5. The van der Waals surface area contributed by atoms with E-state index >= 15 is 0 Å². The first kappa shape index (κ1) is 21.9. The maximum Gasteiger partial charge on any atom is 0.358 e. The van der Waals surface area contributed by atoms with Gasteiger partial charge in [-0.3, -0.25) is 0 Å². The van der Waals surface area contributed by atoms with Gasteiger partial charge in [-0.05, 0) is 31.2 Å². The zero-order chi connectivity index (χ0) is 22.5. The number of oxime groups is 1. The first-order valence-corrected chi connectivity index (χ1v) is 8.95. The fourth-order valence-electron chi connectivity index (χ4n) is 2.46. The summed E-state index contributed by atoms with van der Waals surface area (Å²) >= 11 is 6.04. The van der Waals surface area contributed by atoms with Crippen molar-refractivity contribution in [3.05, 3.63) is 70.5 Å². The summed E-state index contributed by atoms with van der Waals surface area (Å²) in [6.07, 6.45) is 0.966. The van der Waals surface area contributed by atoms with Crippen LogP contribution in [-0.2, 0) is 9.63 Å². The first-order chi connectivity index (χ1) is 14.8. The summed E-state index contributed by atoms with van der Waals surface area (Å²) in [6.45, 7) is 1.68. The molecule has 0 amide bonds. The van der Waals surface area contributed by atoms with Crippen LogP contribution in [0.25, 0.3) is 0 Å². The molecule has 1 aromatic heterocycles. The first-order valence-electron chi connectivity index (χ1n) is 8.57. The van der Waals surface area contributed by atoms with Crippen molar-refractivity contribution in [3.8, 4) is 23.3 Å². The summed E-state index contributed by atoms with van der Waals surface area (Å²) in [4.78, 5) is 23.4. The monoisotopic (exact) mass is 449 g/mol. The van der Waals surface area contributed by atoms with Gasteiger partial charge < -0.3 is 19.4 Å². The van der Waals surface area contributed by atoms with E-state index in [0.717, 1.165) is 31.6 Å². The molecule has 11 heteroatoms. The second-order valence-electron chi connectivity index (χ2n) is 5.93. The van der Waals surface area contributed by atoms with Crippen molar-refractivity contribution in [1.29, 1.82) is 0 Å². The van der Waals surface area contributed by atoms with Crippen LogP contribution in [0.4, 0.5) is 8.78 Å². The highest BCUT2D eigenvalue weighted by Gasteiger charge is 2.23. The van der Waals surface area contributed by atoms with Crippen molar-refractivity contribution < 1.29 is 33.0 Å². The molecule has 0 bridgehead atoms. The van der Waals surface area contributed by atoms with Crippen molar-refractivity contribution in [1.82, 2.24) is 9.97 Å². The molecule has 1 N–H and O–H groups in total. The number of carboxylic acids is 1. The fourth-order valence-corrected chi connectivity index (χ4v) is 2.62. The fraction of sp³-hybridized carbons (Fsp3) is 0.100. The number of ether oxygens (including phenoxy) is 2. The zero-order valence-corrected chi connectivity index (χ0v) is 16.9. The third kappa shape index (κ3) is 4.86. The lowest BCUT2D eigenvalue weighted by atomic mass is 10.1. The van der Waals surface area contributed by atoms with Crippen LogP contribution in [0.15, 0.2) is 47.9 Å². The number of halogens is 3. The van der Waals surface area contributed by atoms with Gasteiger partial charge in [0.15, 0.2) is 5.71 Å². The van der Waals surface area contributed by atoms with Gasteiger partial charge >= 0.3 is 5.97 Å². The molecule has 0 saturated carbocycles. The Labute approximate surface area is 179 Å². The summed E-state index contributed by atoms with van der Waals surface area (Å²) in [5, 5.41) is 13.1. The summed E-state index contributed by atoms with van der Waals surface area (Å²) in [6, 6.07) is 7.76. The van der Waals surface area contributed by atoms with Gasteiger partial charge in [0.2, 0.25) is 5.82 Å². The van der Waals surface area contributed by atoms with Gasteiger partial charge in [-0.15, -0.1) is 0 Å². The SMILES string of the molecule is CON=C(C(=O)O)c1ccc(F)cc1Oc1ncnc(Oc2cccc(Cl)c2C)c1F. The molecule has 8 nitrogen and oxygen atoms in total. The third-order valence-corrected chi connectivity index (χ3v) is 4.35. The molecule has 0 fully saturated rings. The molecular weight excluding hydrogens is 436 g/mol. The molecule has 0 aliphatic rings. The number of carboxylic acid groups (broad SMARTS) is 1. The minimum atomic E-state index is -1.47. The van der Waals surface area contributed by atoms with Crippen LogP contribution in [0.2, 0.25) is 5.02 Å². The van der Waals surface area contributed by atoms with Crippen molar-refractivity contribution in [2.24, 2.45) is 5.16 Å². The van der Waals surface area contributed by atoms with Crippen LogP contribution >= 0.6 is 11.6 Å².